The average Bonchev–Trinajstić information content (AvgIpc) is 2.83. The molecule has 1 amide bonds. The molecule has 1 aliphatic rings. The van der Waals surface area contributed by atoms with E-state index in [1.165, 1.54) is 26.3 Å². The van der Waals surface area contributed by atoms with E-state index in [4.69, 9.17) is 23.7 Å². The minimum atomic E-state index is -1.18. The van der Waals surface area contributed by atoms with Crippen LogP contribution < -0.4 is 14.8 Å². The maximum atomic E-state index is 12.9. The summed E-state index contributed by atoms with van der Waals surface area (Å²) in [5.74, 6) is -3.24. The number of pyridine rings is 1. The summed E-state index contributed by atoms with van der Waals surface area (Å²) in [5.41, 5.74) is -0.245. The van der Waals surface area contributed by atoms with Crippen LogP contribution in [0.15, 0.2) is 12.3 Å². The van der Waals surface area contributed by atoms with Gasteiger partial charge in [-0.3, -0.25) is 14.4 Å². The molecule has 0 aliphatic carbocycles. The van der Waals surface area contributed by atoms with Gasteiger partial charge in [0.1, 0.15) is 12.2 Å². The highest BCUT2D eigenvalue weighted by molar-refractivity contribution is 5.98. The molecule has 1 fully saturated rings. The molecule has 0 bridgehead atoms. The summed E-state index contributed by atoms with van der Waals surface area (Å²) >= 11 is 0. The number of nitrogens with zero attached hydrogens (tertiary/aromatic N) is 1. The molecule has 1 aromatic rings. The van der Waals surface area contributed by atoms with Crippen LogP contribution in [0.4, 0.5) is 0 Å². The lowest BCUT2D eigenvalue weighted by Gasteiger charge is -2.30. The smallest absolute Gasteiger partial charge is 0.331 e. The second kappa shape index (κ2) is 12.3. The second-order valence-electron chi connectivity index (χ2n) is 8.21. The zero-order valence-electron chi connectivity index (χ0n) is 20.3. The van der Waals surface area contributed by atoms with Gasteiger partial charge in [-0.05, 0) is 13.3 Å². The molecule has 34 heavy (non-hydrogen) atoms. The fourth-order valence-corrected chi connectivity index (χ4v) is 3.35. The largest absolute Gasteiger partial charge is 0.493 e. The lowest BCUT2D eigenvalue weighted by Crippen LogP contribution is -2.47. The van der Waals surface area contributed by atoms with Crippen LogP contribution in [0.3, 0.4) is 0 Å². The summed E-state index contributed by atoms with van der Waals surface area (Å²) in [5, 5.41) is 2.52. The van der Waals surface area contributed by atoms with Gasteiger partial charge in [-0.15, -0.1) is 0 Å². The van der Waals surface area contributed by atoms with E-state index in [1.807, 2.05) is 6.92 Å². The highest BCUT2D eigenvalue weighted by atomic mass is 16.6. The van der Waals surface area contributed by atoms with Crippen molar-refractivity contribution in [1.82, 2.24) is 10.3 Å². The first kappa shape index (κ1) is 27.0. The number of carbonyl (C=O) groups is 4. The standard InChI is InChI=1S/C23H32N2O9/c1-7-15-10-31-11-16(23(29)32-13(4)19(15)34-22(28)12(2)3)25-21(27)18-20(33-14(5)26)17(30-6)8-9-24-18/h8-9,12-13,15-16,19H,7,10-11H2,1-6H3,(H,25,27). The van der Waals surface area contributed by atoms with Gasteiger partial charge in [-0.1, -0.05) is 20.8 Å². The SMILES string of the molecule is CCC1COCC(NC(=O)c2nccc(OC)c2OC(C)=O)C(=O)OC(C)C1OC(=O)C(C)C. The quantitative estimate of drug-likeness (QED) is 0.573. The van der Waals surface area contributed by atoms with E-state index < -0.39 is 42.1 Å². The summed E-state index contributed by atoms with van der Waals surface area (Å²) in [6, 6.07) is 0.252. The van der Waals surface area contributed by atoms with Gasteiger partial charge in [0.15, 0.2) is 17.5 Å². The third-order valence-corrected chi connectivity index (χ3v) is 5.23. The minimum Gasteiger partial charge on any atom is -0.493 e. The maximum absolute atomic E-state index is 12.9. The molecule has 0 aromatic carbocycles. The van der Waals surface area contributed by atoms with Gasteiger partial charge in [0.25, 0.3) is 5.91 Å². The molecule has 0 saturated carbocycles. The highest BCUT2D eigenvalue weighted by Gasteiger charge is 2.37. The number of rotatable bonds is 7. The first-order chi connectivity index (χ1) is 16.1. The first-order valence-electron chi connectivity index (χ1n) is 11.1. The third kappa shape index (κ3) is 6.89. The van der Waals surface area contributed by atoms with Gasteiger partial charge < -0.3 is 29.0 Å². The summed E-state index contributed by atoms with van der Waals surface area (Å²) in [6.45, 7) is 8.17. The number of esters is 3. The number of nitrogens with one attached hydrogen (secondary N) is 1. The summed E-state index contributed by atoms with van der Waals surface area (Å²) in [7, 11) is 1.35. The van der Waals surface area contributed by atoms with Crippen LogP contribution in [0.2, 0.25) is 0 Å². The fourth-order valence-electron chi connectivity index (χ4n) is 3.35. The van der Waals surface area contributed by atoms with Gasteiger partial charge in [-0.25, -0.2) is 9.78 Å². The predicted molar refractivity (Wildman–Crippen MR) is 118 cm³/mol. The first-order valence-corrected chi connectivity index (χ1v) is 11.1. The van der Waals surface area contributed by atoms with Gasteiger partial charge in [-0.2, -0.15) is 0 Å². The number of hydrogen-bond acceptors (Lipinski definition) is 10. The van der Waals surface area contributed by atoms with E-state index in [2.05, 4.69) is 10.3 Å². The molecule has 0 spiro atoms. The Labute approximate surface area is 198 Å². The van der Waals surface area contributed by atoms with E-state index in [9.17, 15) is 19.2 Å². The molecule has 11 nitrogen and oxygen atoms in total. The number of hydrogen-bond donors (Lipinski definition) is 1. The number of carbonyl (C=O) groups excluding carboxylic acids is 4. The molecule has 4 unspecified atom stereocenters. The molecule has 2 heterocycles. The molecule has 4 atom stereocenters. The van der Waals surface area contributed by atoms with Gasteiger partial charge in [0.05, 0.1) is 26.2 Å². The van der Waals surface area contributed by atoms with Gasteiger partial charge in [0, 0.05) is 25.1 Å². The number of amides is 1. The topological polar surface area (TPSA) is 139 Å². The number of cyclic esters (lactones) is 1. The van der Waals surface area contributed by atoms with E-state index in [0.29, 0.717) is 6.42 Å². The maximum Gasteiger partial charge on any atom is 0.331 e. The van der Waals surface area contributed by atoms with Crippen molar-refractivity contribution >= 4 is 23.8 Å². The second-order valence-corrected chi connectivity index (χ2v) is 8.21. The predicted octanol–water partition coefficient (Wildman–Crippen LogP) is 1.67. The van der Waals surface area contributed by atoms with Gasteiger partial charge >= 0.3 is 17.9 Å². The van der Waals surface area contributed by atoms with Crippen LogP contribution >= 0.6 is 0 Å². The van der Waals surface area contributed by atoms with Crippen molar-refractivity contribution < 1.29 is 42.9 Å². The van der Waals surface area contributed by atoms with Crippen molar-refractivity contribution in [3.63, 3.8) is 0 Å². The molecular formula is C23H32N2O9. The van der Waals surface area contributed by atoms with Crippen molar-refractivity contribution in [1.29, 1.82) is 0 Å². The third-order valence-electron chi connectivity index (χ3n) is 5.23. The molecule has 1 aromatic heterocycles. The number of aromatic nitrogens is 1. The molecule has 1 aliphatic heterocycles. The molecule has 1 saturated heterocycles. The van der Waals surface area contributed by atoms with E-state index in [-0.39, 0.29) is 42.2 Å². The van der Waals surface area contributed by atoms with Gasteiger partial charge in [0.2, 0.25) is 5.75 Å². The minimum absolute atomic E-state index is 0.123. The number of ether oxygens (including phenoxy) is 5. The monoisotopic (exact) mass is 480 g/mol. The molecule has 188 valence electrons. The molecule has 1 N–H and O–H groups in total. The molecular weight excluding hydrogens is 448 g/mol. The van der Waals surface area contributed by atoms with Crippen LogP contribution in [0.25, 0.3) is 0 Å². The average molecular weight is 481 g/mol. The van der Waals surface area contributed by atoms with Crippen molar-refractivity contribution in [2.75, 3.05) is 20.3 Å². The Hall–Kier alpha value is -3.21. The Balaban J connectivity index is 2.24. The van der Waals surface area contributed by atoms with E-state index >= 15 is 0 Å². The molecule has 11 heteroatoms. The molecule has 2 rings (SSSR count). The Morgan fingerprint density at radius 3 is 2.56 bits per heavy atom. The van der Waals surface area contributed by atoms with Crippen molar-refractivity contribution in [2.24, 2.45) is 11.8 Å². The Morgan fingerprint density at radius 1 is 1.26 bits per heavy atom. The van der Waals surface area contributed by atoms with Crippen LogP contribution in [0.1, 0.15) is 51.5 Å². The Bertz CT molecular complexity index is 902. The normalized spacial score (nSPS) is 23.1. The van der Waals surface area contributed by atoms with E-state index in [1.54, 1.807) is 20.8 Å². The van der Waals surface area contributed by atoms with Crippen LogP contribution in [0, 0.1) is 11.8 Å². The lowest BCUT2D eigenvalue weighted by atomic mass is 9.96. The number of methoxy groups -OCH3 is 1. The highest BCUT2D eigenvalue weighted by Crippen LogP contribution is 2.30. The van der Waals surface area contributed by atoms with Crippen LogP contribution in [-0.4, -0.2) is 67.4 Å². The van der Waals surface area contributed by atoms with Crippen molar-refractivity contribution in [3.05, 3.63) is 18.0 Å². The summed E-state index contributed by atoms with van der Waals surface area (Å²) < 4.78 is 27.1. The van der Waals surface area contributed by atoms with Crippen LogP contribution in [0.5, 0.6) is 11.5 Å². The summed E-state index contributed by atoms with van der Waals surface area (Å²) in [6.07, 6.45) is 0.455. The Morgan fingerprint density at radius 2 is 1.97 bits per heavy atom. The zero-order valence-corrected chi connectivity index (χ0v) is 20.3. The Kier molecular flexibility index (Phi) is 9.79. The van der Waals surface area contributed by atoms with Crippen molar-refractivity contribution in [3.8, 4) is 11.5 Å². The summed E-state index contributed by atoms with van der Waals surface area (Å²) in [4.78, 5) is 53.5. The van der Waals surface area contributed by atoms with Crippen molar-refractivity contribution in [2.45, 2.75) is 59.3 Å². The van der Waals surface area contributed by atoms with E-state index in [0.717, 1.165) is 0 Å². The lowest BCUT2D eigenvalue weighted by molar-refractivity contribution is -0.173. The fraction of sp³-hybridized carbons (Fsp3) is 0.609. The molecule has 0 radical (unpaired) electrons. The van der Waals surface area contributed by atoms with Crippen LogP contribution in [-0.2, 0) is 28.6 Å². The zero-order chi connectivity index (χ0) is 25.4.